The molecule has 0 amide bonds. The number of aryl methyl sites for hydroxylation is 1. The van der Waals surface area contributed by atoms with Crippen molar-refractivity contribution < 1.29 is 17.9 Å². The van der Waals surface area contributed by atoms with Crippen LogP contribution in [0.1, 0.15) is 12.0 Å². The van der Waals surface area contributed by atoms with Crippen molar-refractivity contribution in [2.75, 3.05) is 37.7 Å². The zero-order valence-electron chi connectivity index (χ0n) is 15.3. The number of benzene rings is 2. The zero-order valence-corrected chi connectivity index (χ0v) is 16.2. The van der Waals surface area contributed by atoms with E-state index in [1.54, 1.807) is 12.1 Å². The average molecular weight is 388 g/mol. The summed E-state index contributed by atoms with van der Waals surface area (Å²) in [6, 6.07) is 13.2. The third-order valence-electron chi connectivity index (χ3n) is 5.07. The van der Waals surface area contributed by atoms with Gasteiger partial charge in [0.1, 0.15) is 13.2 Å². The molecule has 27 heavy (non-hydrogen) atoms. The van der Waals surface area contributed by atoms with Gasteiger partial charge in [0.05, 0.1) is 4.90 Å². The van der Waals surface area contributed by atoms with Crippen LogP contribution in [0.4, 0.5) is 5.69 Å². The molecule has 6 nitrogen and oxygen atoms in total. The maximum Gasteiger partial charge on any atom is 0.240 e. The molecule has 1 fully saturated rings. The number of nitrogens with zero attached hydrogens (tertiary/aromatic N) is 1. The molecule has 2 aromatic rings. The van der Waals surface area contributed by atoms with Gasteiger partial charge in [-0.2, -0.15) is 0 Å². The van der Waals surface area contributed by atoms with Crippen molar-refractivity contribution in [2.45, 2.75) is 18.2 Å². The van der Waals surface area contributed by atoms with Gasteiger partial charge in [0, 0.05) is 31.4 Å². The van der Waals surface area contributed by atoms with Gasteiger partial charge in [-0.15, -0.1) is 0 Å². The number of nitrogens with one attached hydrogen (secondary N) is 1. The Morgan fingerprint density at radius 3 is 2.59 bits per heavy atom. The number of anilines is 1. The molecule has 0 aliphatic carbocycles. The minimum absolute atomic E-state index is 0.208. The Balaban J connectivity index is 1.37. The lowest BCUT2D eigenvalue weighted by Crippen LogP contribution is -2.31. The monoisotopic (exact) mass is 388 g/mol. The number of sulfonamides is 1. The van der Waals surface area contributed by atoms with Gasteiger partial charge in [0.15, 0.2) is 11.5 Å². The Kier molecular flexibility index (Phi) is 4.97. The van der Waals surface area contributed by atoms with E-state index >= 15 is 0 Å². The van der Waals surface area contributed by atoms with Crippen molar-refractivity contribution in [3.05, 3.63) is 48.0 Å². The van der Waals surface area contributed by atoms with Gasteiger partial charge < -0.3 is 14.4 Å². The van der Waals surface area contributed by atoms with E-state index in [1.807, 2.05) is 0 Å². The third kappa shape index (κ3) is 4.04. The van der Waals surface area contributed by atoms with Crippen LogP contribution >= 0.6 is 0 Å². The number of hydrogen-bond donors (Lipinski definition) is 1. The summed E-state index contributed by atoms with van der Waals surface area (Å²) in [5, 5.41) is 0. The van der Waals surface area contributed by atoms with E-state index in [1.165, 1.54) is 17.3 Å². The first-order chi connectivity index (χ1) is 13.0. The molecule has 1 atom stereocenters. The quantitative estimate of drug-likeness (QED) is 0.853. The van der Waals surface area contributed by atoms with Gasteiger partial charge in [-0.1, -0.05) is 17.7 Å². The maximum atomic E-state index is 12.6. The minimum Gasteiger partial charge on any atom is -0.486 e. The molecule has 4 rings (SSSR count). The molecule has 7 heteroatoms. The molecular weight excluding hydrogens is 364 g/mol. The first-order valence-electron chi connectivity index (χ1n) is 9.22. The molecular formula is C20H24N2O4S. The molecule has 144 valence electrons. The smallest absolute Gasteiger partial charge is 0.240 e. The van der Waals surface area contributed by atoms with Gasteiger partial charge in [0.25, 0.3) is 0 Å². The van der Waals surface area contributed by atoms with Crippen LogP contribution in [-0.2, 0) is 10.0 Å². The highest BCUT2D eigenvalue weighted by Gasteiger charge is 2.25. The zero-order chi connectivity index (χ0) is 18.9. The third-order valence-corrected chi connectivity index (χ3v) is 6.49. The van der Waals surface area contributed by atoms with Crippen LogP contribution in [0.25, 0.3) is 0 Å². The Morgan fingerprint density at radius 2 is 1.81 bits per heavy atom. The second-order valence-corrected chi connectivity index (χ2v) is 8.86. The van der Waals surface area contributed by atoms with Crippen molar-refractivity contribution in [3.63, 3.8) is 0 Å². The topological polar surface area (TPSA) is 67.9 Å². The van der Waals surface area contributed by atoms with Crippen molar-refractivity contribution in [2.24, 2.45) is 5.92 Å². The fraction of sp³-hybridized carbons (Fsp3) is 0.400. The van der Waals surface area contributed by atoms with Gasteiger partial charge in [-0.25, -0.2) is 13.1 Å². The van der Waals surface area contributed by atoms with E-state index in [0.29, 0.717) is 37.2 Å². The molecule has 2 heterocycles. The van der Waals surface area contributed by atoms with E-state index in [-0.39, 0.29) is 4.90 Å². The summed E-state index contributed by atoms with van der Waals surface area (Å²) < 4.78 is 39.0. The van der Waals surface area contributed by atoms with Crippen molar-refractivity contribution >= 4 is 15.7 Å². The SMILES string of the molecule is Cc1ccc(N2CCC(CNS(=O)(=O)c3ccc4c(c3)OCCO4)C2)cc1. The van der Waals surface area contributed by atoms with Crippen LogP contribution in [0.2, 0.25) is 0 Å². The Hall–Kier alpha value is -2.25. The predicted octanol–water partition coefficient (Wildman–Crippen LogP) is 2.57. The number of hydrogen-bond acceptors (Lipinski definition) is 5. The largest absolute Gasteiger partial charge is 0.486 e. The van der Waals surface area contributed by atoms with E-state index < -0.39 is 10.0 Å². The summed E-state index contributed by atoms with van der Waals surface area (Å²) in [5.41, 5.74) is 2.43. The molecule has 0 bridgehead atoms. The standard InChI is InChI=1S/C20H24N2O4S/c1-15-2-4-17(5-3-15)22-9-8-16(14-22)13-21-27(23,24)18-6-7-19-20(12-18)26-11-10-25-19/h2-7,12,16,21H,8-11,13-14H2,1H3. The molecule has 2 aromatic carbocycles. The summed E-state index contributed by atoms with van der Waals surface area (Å²) in [6.45, 7) is 5.21. The first kappa shape index (κ1) is 18.1. The molecule has 1 N–H and O–H groups in total. The van der Waals surface area contributed by atoms with Crippen LogP contribution in [0.3, 0.4) is 0 Å². The summed E-state index contributed by atoms with van der Waals surface area (Å²) in [4.78, 5) is 2.52. The summed E-state index contributed by atoms with van der Waals surface area (Å²) in [6.07, 6.45) is 0.970. The van der Waals surface area contributed by atoms with E-state index in [4.69, 9.17) is 9.47 Å². The molecule has 0 spiro atoms. The fourth-order valence-electron chi connectivity index (χ4n) is 3.49. The van der Waals surface area contributed by atoms with Gasteiger partial charge in [-0.3, -0.25) is 0 Å². The number of fused-ring (bicyclic) bond motifs is 1. The summed E-state index contributed by atoms with van der Waals surface area (Å²) in [7, 11) is -3.57. The second-order valence-electron chi connectivity index (χ2n) is 7.09. The van der Waals surface area contributed by atoms with Crippen molar-refractivity contribution in [1.82, 2.24) is 4.72 Å². The molecule has 0 radical (unpaired) electrons. The van der Waals surface area contributed by atoms with E-state index in [2.05, 4.69) is 40.8 Å². The molecule has 2 aliphatic heterocycles. The molecule has 0 aromatic heterocycles. The lowest BCUT2D eigenvalue weighted by atomic mass is 10.1. The molecule has 2 aliphatic rings. The summed E-state index contributed by atoms with van der Waals surface area (Å²) in [5.74, 6) is 1.36. The minimum atomic E-state index is -3.57. The Labute approximate surface area is 160 Å². The fourth-order valence-corrected chi connectivity index (χ4v) is 4.62. The lowest BCUT2D eigenvalue weighted by Gasteiger charge is -2.20. The molecule has 0 saturated carbocycles. The maximum absolute atomic E-state index is 12.6. The van der Waals surface area contributed by atoms with E-state index in [9.17, 15) is 8.42 Å². The normalized spacial score (nSPS) is 19.3. The second kappa shape index (κ2) is 7.40. The van der Waals surface area contributed by atoms with Crippen molar-refractivity contribution in [3.8, 4) is 11.5 Å². The Morgan fingerprint density at radius 1 is 1.07 bits per heavy atom. The van der Waals surface area contributed by atoms with Gasteiger partial charge >= 0.3 is 0 Å². The highest BCUT2D eigenvalue weighted by Crippen LogP contribution is 2.32. The van der Waals surface area contributed by atoms with Gasteiger partial charge in [-0.05, 0) is 43.5 Å². The van der Waals surface area contributed by atoms with Crippen LogP contribution in [0.15, 0.2) is 47.4 Å². The number of rotatable bonds is 5. The average Bonchev–Trinajstić information content (AvgIpc) is 3.16. The molecule has 1 unspecified atom stereocenters. The van der Waals surface area contributed by atoms with Gasteiger partial charge in [0.2, 0.25) is 10.0 Å². The van der Waals surface area contributed by atoms with Crippen molar-refractivity contribution in [1.29, 1.82) is 0 Å². The van der Waals surface area contributed by atoms with Crippen LogP contribution in [0.5, 0.6) is 11.5 Å². The first-order valence-corrected chi connectivity index (χ1v) is 10.7. The van der Waals surface area contributed by atoms with E-state index in [0.717, 1.165) is 19.5 Å². The lowest BCUT2D eigenvalue weighted by molar-refractivity contribution is 0.171. The van der Waals surface area contributed by atoms with Crippen LogP contribution in [-0.4, -0.2) is 41.3 Å². The Bertz CT molecular complexity index is 912. The predicted molar refractivity (Wildman–Crippen MR) is 104 cm³/mol. The molecule has 1 saturated heterocycles. The van der Waals surface area contributed by atoms with Crippen LogP contribution in [0, 0.1) is 12.8 Å². The highest BCUT2D eigenvalue weighted by atomic mass is 32.2. The number of ether oxygens (including phenoxy) is 2. The highest BCUT2D eigenvalue weighted by molar-refractivity contribution is 7.89. The summed E-state index contributed by atoms with van der Waals surface area (Å²) >= 11 is 0. The van der Waals surface area contributed by atoms with Crippen LogP contribution < -0.4 is 19.1 Å².